The molecule has 1 aliphatic heterocycles. The molecule has 1 aliphatic rings. The minimum Gasteiger partial charge on any atom is -0.451 e. The van der Waals surface area contributed by atoms with Crippen molar-refractivity contribution in [1.29, 1.82) is 0 Å². The van der Waals surface area contributed by atoms with Crippen molar-refractivity contribution in [3.63, 3.8) is 0 Å². The number of anilines is 1. The Hall–Kier alpha value is -2.53. The van der Waals surface area contributed by atoms with Gasteiger partial charge < -0.3 is 10.1 Å². The molecule has 1 aromatic carbocycles. The molecular weight excluding hydrogens is 366 g/mol. The minimum atomic E-state index is -3.55. The molecule has 10 nitrogen and oxygen atoms in total. The molecule has 2 atom stereocenters. The second-order valence-electron chi connectivity index (χ2n) is 5.91. The fraction of sp³-hybridized carbons (Fsp3) is 0.467. The highest BCUT2D eigenvalue weighted by atomic mass is 32.2. The summed E-state index contributed by atoms with van der Waals surface area (Å²) in [5.41, 5.74) is -0.00655. The van der Waals surface area contributed by atoms with Crippen LogP contribution in [-0.4, -0.2) is 54.5 Å². The van der Waals surface area contributed by atoms with Crippen LogP contribution >= 0.6 is 0 Å². The molecule has 0 spiro atoms. The van der Waals surface area contributed by atoms with Crippen LogP contribution in [-0.2, 0) is 24.3 Å². The lowest BCUT2D eigenvalue weighted by atomic mass is 10.2. The van der Waals surface area contributed by atoms with Crippen molar-refractivity contribution in [3.05, 3.63) is 34.4 Å². The van der Waals surface area contributed by atoms with Gasteiger partial charge in [-0.15, -0.1) is 0 Å². The molecular formula is C15H19N3O7S. The van der Waals surface area contributed by atoms with Gasteiger partial charge in [0.15, 0.2) is 6.10 Å². The van der Waals surface area contributed by atoms with Gasteiger partial charge in [0.05, 0.1) is 11.2 Å². The number of hydrogen-bond donors (Lipinski definition) is 1. The van der Waals surface area contributed by atoms with Crippen LogP contribution in [0.4, 0.5) is 11.4 Å². The molecule has 1 heterocycles. The maximum Gasteiger partial charge on any atom is 0.325 e. The van der Waals surface area contributed by atoms with Gasteiger partial charge in [-0.05, 0) is 25.8 Å². The summed E-state index contributed by atoms with van der Waals surface area (Å²) in [5, 5.41) is 13.2. The number of hydrogen-bond acceptors (Lipinski definition) is 7. The molecule has 0 bridgehead atoms. The van der Waals surface area contributed by atoms with Crippen LogP contribution < -0.4 is 5.32 Å². The van der Waals surface area contributed by atoms with Crippen LogP contribution in [0.5, 0.6) is 0 Å². The molecule has 26 heavy (non-hydrogen) atoms. The number of nitrogens with one attached hydrogen (secondary N) is 1. The molecule has 1 aromatic rings. The summed E-state index contributed by atoms with van der Waals surface area (Å²) >= 11 is 0. The zero-order chi connectivity index (χ0) is 19.5. The molecule has 142 valence electrons. The first-order valence-electron chi connectivity index (χ1n) is 7.82. The van der Waals surface area contributed by atoms with Crippen LogP contribution in [0.3, 0.4) is 0 Å². The SMILES string of the molecule is C[C@H](OC(=O)[C@H]1CCCN1S(C)(=O)=O)C(=O)Nc1cccc([N+](=O)[O-])c1. The Bertz CT molecular complexity index is 824. The second kappa shape index (κ2) is 7.79. The van der Waals surface area contributed by atoms with Crippen LogP contribution in [0.2, 0.25) is 0 Å². The van der Waals surface area contributed by atoms with Gasteiger partial charge in [-0.3, -0.25) is 19.7 Å². The molecule has 0 unspecified atom stereocenters. The molecule has 1 fully saturated rings. The Labute approximate surface area is 150 Å². The third kappa shape index (κ3) is 4.76. The summed E-state index contributed by atoms with van der Waals surface area (Å²) < 4.78 is 29.5. The highest BCUT2D eigenvalue weighted by molar-refractivity contribution is 7.88. The zero-order valence-electron chi connectivity index (χ0n) is 14.2. The van der Waals surface area contributed by atoms with Gasteiger partial charge >= 0.3 is 5.97 Å². The number of amides is 1. The minimum absolute atomic E-state index is 0.186. The maximum atomic E-state index is 12.2. The molecule has 0 saturated carbocycles. The van der Waals surface area contributed by atoms with E-state index >= 15 is 0 Å². The highest BCUT2D eigenvalue weighted by Crippen LogP contribution is 2.22. The second-order valence-corrected chi connectivity index (χ2v) is 7.84. The van der Waals surface area contributed by atoms with E-state index < -0.39 is 39.0 Å². The van der Waals surface area contributed by atoms with Crippen LogP contribution in [0.25, 0.3) is 0 Å². The lowest BCUT2D eigenvalue weighted by Gasteiger charge is -2.22. The van der Waals surface area contributed by atoms with Crippen molar-refractivity contribution in [3.8, 4) is 0 Å². The van der Waals surface area contributed by atoms with Crippen molar-refractivity contribution in [1.82, 2.24) is 4.31 Å². The third-order valence-electron chi connectivity index (χ3n) is 3.89. The smallest absolute Gasteiger partial charge is 0.325 e. The Morgan fingerprint density at radius 2 is 2.12 bits per heavy atom. The predicted molar refractivity (Wildman–Crippen MR) is 91.9 cm³/mol. The summed E-state index contributed by atoms with van der Waals surface area (Å²) in [7, 11) is -3.55. The maximum absolute atomic E-state index is 12.2. The van der Waals surface area contributed by atoms with Crippen molar-refractivity contribution < 1.29 is 27.7 Å². The van der Waals surface area contributed by atoms with E-state index in [0.717, 1.165) is 10.6 Å². The monoisotopic (exact) mass is 385 g/mol. The summed E-state index contributed by atoms with van der Waals surface area (Å²) in [6.07, 6.45) is 0.673. The first-order chi connectivity index (χ1) is 12.1. The van der Waals surface area contributed by atoms with Crippen LogP contribution in [0.15, 0.2) is 24.3 Å². The number of non-ortho nitro benzene ring substituents is 1. The number of nitro benzene ring substituents is 1. The van der Waals surface area contributed by atoms with Crippen molar-refractivity contribution in [2.45, 2.75) is 31.9 Å². The summed E-state index contributed by atoms with van der Waals surface area (Å²) in [6.45, 7) is 1.57. The normalized spacial score (nSPS) is 18.9. The number of sulfonamides is 1. The number of ether oxygens (including phenoxy) is 1. The highest BCUT2D eigenvalue weighted by Gasteiger charge is 2.38. The van der Waals surface area contributed by atoms with Crippen molar-refractivity contribution in [2.75, 3.05) is 18.1 Å². The van der Waals surface area contributed by atoms with E-state index in [9.17, 15) is 28.1 Å². The molecule has 0 aliphatic carbocycles. The molecule has 11 heteroatoms. The quantitative estimate of drug-likeness (QED) is 0.436. The number of esters is 1. The third-order valence-corrected chi connectivity index (χ3v) is 5.18. The number of nitrogens with zero attached hydrogens (tertiary/aromatic N) is 2. The van der Waals surface area contributed by atoms with E-state index in [4.69, 9.17) is 4.74 Å². The van der Waals surface area contributed by atoms with E-state index in [1.54, 1.807) is 0 Å². The van der Waals surface area contributed by atoms with E-state index in [0.29, 0.717) is 12.8 Å². The van der Waals surface area contributed by atoms with Gasteiger partial charge in [0.25, 0.3) is 11.6 Å². The van der Waals surface area contributed by atoms with Gasteiger partial charge in [-0.25, -0.2) is 8.42 Å². The predicted octanol–water partition coefficient (Wildman–Crippen LogP) is 0.889. The van der Waals surface area contributed by atoms with Gasteiger partial charge in [-0.1, -0.05) is 6.07 Å². The zero-order valence-corrected chi connectivity index (χ0v) is 15.1. The average molecular weight is 385 g/mol. The van der Waals surface area contributed by atoms with E-state index in [-0.39, 0.29) is 17.9 Å². The van der Waals surface area contributed by atoms with Crippen LogP contribution in [0, 0.1) is 10.1 Å². The standard InChI is InChI=1S/C15H19N3O7S/c1-10(14(19)16-11-5-3-6-12(9-11)18(21)22)25-15(20)13-7-4-8-17(13)26(2,23)24/h3,5-6,9-10,13H,4,7-8H2,1-2H3,(H,16,19)/t10-,13+/m0/s1. The van der Waals surface area contributed by atoms with Gasteiger partial charge in [-0.2, -0.15) is 4.31 Å². The summed E-state index contributed by atoms with van der Waals surface area (Å²) in [5.74, 6) is -1.47. The molecule has 0 aromatic heterocycles. The van der Waals surface area contributed by atoms with Gasteiger partial charge in [0, 0.05) is 24.4 Å². The van der Waals surface area contributed by atoms with Crippen molar-refractivity contribution >= 4 is 33.3 Å². The number of rotatable bonds is 6. The average Bonchev–Trinajstić information content (AvgIpc) is 3.05. The largest absolute Gasteiger partial charge is 0.451 e. The summed E-state index contributed by atoms with van der Waals surface area (Å²) in [6, 6.07) is 4.38. The van der Waals surface area contributed by atoms with Gasteiger partial charge in [0.1, 0.15) is 6.04 Å². The van der Waals surface area contributed by atoms with E-state index in [1.807, 2.05) is 0 Å². The molecule has 2 rings (SSSR count). The van der Waals surface area contributed by atoms with Gasteiger partial charge in [0.2, 0.25) is 10.0 Å². The lowest BCUT2D eigenvalue weighted by molar-refractivity contribution is -0.384. The van der Waals surface area contributed by atoms with Crippen molar-refractivity contribution in [2.24, 2.45) is 0 Å². The summed E-state index contributed by atoms with van der Waals surface area (Å²) in [4.78, 5) is 34.5. The molecule has 0 radical (unpaired) electrons. The van der Waals surface area contributed by atoms with E-state index in [2.05, 4.69) is 5.32 Å². The number of carbonyl (C=O) groups excluding carboxylic acids is 2. The molecule has 1 N–H and O–H groups in total. The Balaban J connectivity index is 1.99. The first kappa shape index (κ1) is 19.8. The molecule has 1 saturated heterocycles. The van der Waals surface area contributed by atoms with Crippen LogP contribution in [0.1, 0.15) is 19.8 Å². The topological polar surface area (TPSA) is 136 Å². The number of nitro groups is 1. The lowest BCUT2D eigenvalue weighted by Crippen LogP contribution is -2.43. The number of carbonyl (C=O) groups is 2. The first-order valence-corrected chi connectivity index (χ1v) is 9.67. The Kier molecular flexibility index (Phi) is 5.93. The fourth-order valence-corrected chi connectivity index (χ4v) is 3.73. The Morgan fingerprint density at radius 1 is 1.42 bits per heavy atom. The fourth-order valence-electron chi connectivity index (χ4n) is 2.62. The number of benzene rings is 1. The molecule has 1 amide bonds. The Morgan fingerprint density at radius 3 is 2.73 bits per heavy atom. The van der Waals surface area contributed by atoms with E-state index in [1.165, 1.54) is 31.2 Å².